The Morgan fingerprint density at radius 1 is 0.677 bits per heavy atom. The van der Waals surface area contributed by atoms with Crippen LogP contribution in [0.5, 0.6) is 0 Å². The monoisotopic (exact) mass is 428 g/mol. The molecule has 2 atom stereocenters. The summed E-state index contributed by atoms with van der Waals surface area (Å²) in [6.45, 7) is 4.62. The lowest BCUT2D eigenvalue weighted by Gasteiger charge is -2.29. The van der Waals surface area contributed by atoms with Gasteiger partial charge in [-0.15, -0.1) is 0 Å². The fourth-order valence-corrected chi connectivity index (χ4v) is 8.85. The van der Waals surface area contributed by atoms with Crippen molar-refractivity contribution in [1.82, 2.24) is 0 Å². The molecule has 0 N–H and O–H groups in total. The van der Waals surface area contributed by atoms with Crippen LogP contribution in [-0.2, 0) is 12.8 Å². The molecule has 1 heteroatoms. The van der Waals surface area contributed by atoms with E-state index in [0.29, 0.717) is 11.3 Å². The van der Waals surface area contributed by atoms with Crippen LogP contribution in [0.15, 0.2) is 78.9 Å². The van der Waals surface area contributed by atoms with Gasteiger partial charge in [-0.3, -0.25) is 0 Å². The average Bonchev–Trinajstić information content (AvgIpc) is 3.27. The molecule has 0 radical (unpaired) electrons. The Morgan fingerprint density at radius 3 is 1.77 bits per heavy atom. The minimum Gasteiger partial charge on any atom is -0.0654 e. The quantitative estimate of drug-likeness (QED) is 0.299. The van der Waals surface area contributed by atoms with Crippen molar-refractivity contribution in [3.63, 3.8) is 0 Å². The van der Waals surface area contributed by atoms with Crippen molar-refractivity contribution in [3.8, 4) is 0 Å². The highest BCUT2D eigenvalue weighted by Crippen LogP contribution is 2.69. The van der Waals surface area contributed by atoms with E-state index in [4.69, 9.17) is 0 Å². The van der Waals surface area contributed by atoms with Gasteiger partial charge in [-0.25, -0.2) is 0 Å². The molecule has 1 aliphatic heterocycles. The average molecular weight is 429 g/mol. The van der Waals surface area contributed by atoms with Crippen LogP contribution in [-0.4, -0.2) is 0 Å². The molecular formula is C30H37P. The van der Waals surface area contributed by atoms with Crippen molar-refractivity contribution < 1.29 is 0 Å². The van der Waals surface area contributed by atoms with Crippen molar-refractivity contribution in [3.05, 3.63) is 101 Å². The van der Waals surface area contributed by atoms with E-state index in [-0.39, 0.29) is 7.92 Å². The normalized spacial score (nSPS) is 20.8. The molecule has 0 amide bonds. The van der Waals surface area contributed by atoms with Gasteiger partial charge < -0.3 is 0 Å². The van der Waals surface area contributed by atoms with Gasteiger partial charge in [-0.1, -0.05) is 113 Å². The van der Waals surface area contributed by atoms with Gasteiger partial charge in [-0.2, -0.15) is 0 Å². The van der Waals surface area contributed by atoms with Crippen LogP contribution in [0.1, 0.15) is 85.9 Å². The molecule has 0 aromatic heterocycles. The maximum atomic E-state index is 2.57. The molecule has 1 fully saturated rings. The number of hydrogen-bond donors (Lipinski definition) is 0. The molecule has 1 aliphatic rings. The summed E-state index contributed by atoms with van der Waals surface area (Å²) in [7, 11) is -0.282. The summed E-state index contributed by atoms with van der Waals surface area (Å²) in [5.41, 5.74) is 7.61. The van der Waals surface area contributed by atoms with Gasteiger partial charge >= 0.3 is 0 Å². The van der Waals surface area contributed by atoms with Crippen LogP contribution in [0.4, 0.5) is 0 Å². The second-order valence-electron chi connectivity index (χ2n) is 9.01. The summed E-state index contributed by atoms with van der Waals surface area (Å²) in [6, 6.07) is 30.3. The summed E-state index contributed by atoms with van der Waals surface area (Å²) in [5.74, 6) is 0. The van der Waals surface area contributed by atoms with E-state index in [1.54, 1.807) is 27.6 Å². The fourth-order valence-electron chi connectivity index (χ4n) is 5.15. The summed E-state index contributed by atoms with van der Waals surface area (Å²) in [5, 5.41) is 1.68. The van der Waals surface area contributed by atoms with Crippen molar-refractivity contribution in [2.75, 3.05) is 0 Å². The molecule has 31 heavy (non-hydrogen) atoms. The van der Waals surface area contributed by atoms with Gasteiger partial charge in [-0.05, 0) is 66.1 Å². The third kappa shape index (κ3) is 5.30. The molecule has 0 aliphatic carbocycles. The molecule has 1 heterocycles. The summed E-state index contributed by atoms with van der Waals surface area (Å²) in [4.78, 5) is 0. The maximum Gasteiger partial charge on any atom is 0.00878 e. The van der Waals surface area contributed by atoms with Gasteiger partial charge in [0.05, 0.1) is 0 Å². The van der Waals surface area contributed by atoms with Crippen molar-refractivity contribution >= 4 is 13.2 Å². The Morgan fingerprint density at radius 2 is 1.23 bits per heavy atom. The van der Waals surface area contributed by atoms with Crippen LogP contribution in [0, 0.1) is 0 Å². The number of aryl methyl sites for hydroxylation is 2. The topological polar surface area (TPSA) is 0 Å². The predicted molar refractivity (Wildman–Crippen MR) is 138 cm³/mol. The second-order valence-corrected chi connectivity index (χ2v) is 11.6. The maximum absolute atomic E-state index is 2.57. The zero-order valence-electron chi connectivity index (χ0n) is 19.3. The van der Waals surface area contributed by atoms with E-state index in [0.717, 1.165) is 0 Å². The summed E-state index contributed by atoms with van der Waals surface area (Å²) in [6.07, 6.45) is 10.2. The molecule has 4 rings (SSSR count). The molecular weight excluding hydrogens is 391 g/mol. The first kappa shape index (κ1) is 22.3. The van der Waals surface area contributed by atoms with E-state index < -0.39 is 0 Å². The molecule has 2 unspecified atom stereocenters. The molecule has 1 saturated heterocycles. The smallest absolute Gasteiger partial charge is 0.00878 e. The van der Waals surface area contributed by atoms with Crippen LogP contribution in [0.2, 0.25) is 0 Å². The summed E-state index contributed by atoms with van der Waals surface area (Å²) >= 11 is 0. The third-order valence-corrected chi connectivity index (χ3v) is 10.2. The lowest BCUT2D eigenvalue weighted by Crippen LogP contribution is -2.14. The molecule has 0 nitrogen and oxygen atoms in total. The Bertz CT molecular complexity index is 884. The molecule has 162 valence electrons. The van der Waals surface area contributed by atoms with Gasteiger partial charge in [0.2, 0.25) is 0 Å². The largest absolute Gasteiger partial charge is 0.0654 e. The zero-order valence-corrected chi connectivity index (χ0v) is 20.2. The van der Waals surface area contributed by atoms with Crippen LogP contribution < -0.4 is 5.30 Å². The van der Waals surface area contributed by atoms with Crippen molar-refractivity contribution in [2.45, 2.75) is 76.5 Å². The third-order valence-electron chi connectivity index (χ3n) is 6.79. The highest BCUT2D eigenvalue weighted by molar-refractivity contribution is 7.66. The molecule has 3 aromatic rings. The lowest BCUT2D eigenvalue weighted by molar-refractivity contribution is 0.765. The molecule has 0 saturated carbocycles. The van der Waals surface area contributed by atoms with Gasteiger partial charge in [0, 0.05) is 11.3 Å². The Balaban J connectivity index is 1.77. The standard InChI is InChI=1S/C30H37P/c1-3-5-13-24-19-20-30(27(23-24)14-6-4-2)31-28(25-15-9-7-10-16-25)21-22-29(31)26-17-11-8-12-18-26/h7-12,15-20,23,28-29H,3-6,13-14,21-22H2,1-2H3. The van der Waals surface area contributed by atoms with Gasteiger partial charge in [0.15, 0.2) is 0 Å². The van der Waals surface area contributed by atoms with Crippen LogP contribution in [0.3, 0.4) is 0 Å². The minimum atomic E-state index is -0.282. The predicted octanol–water partition coefficient (Wildman–Crippen LogP) is 8.76. The fraction of sp³-hybridized carbons (Fsp3) is 0.400. The van der Waals surface area contributed by atoms with Crippen molar-refractivity contribution in [1.29, 1.82) is 0 Å². The first-order valence-corrected chi connectivity index (χ1v) is 13.8. The Kier molecular flexibility index (Phi) is 7.98. The number of unbranched alkanes of at least 4 members (excludes halogenated alkanes) is 2. The van der Waals surface area contributed by atoms with E-state index in [2.05, 4.69) is 92.7 Å². The Labute approximate surface area is 190 Å². The number of benzene rings is 3. The second kappa shape index (κ2) is 11.1. The first-order valence-electron chi connectivity index (χ1n) is 12.3. The van der Waals surface area contributed by atoms with E-state index in [1.807, 2.05) is 0 Å². The number of hydrogen-bond acceptors (Lipinski definition) is 0. The molecule has 3 aromatic carbocycles. The Hall–Kier alpha value is -1.91. The van der Waals surface area contributed by atoms with Gasteiger partial charge in [0.1, 0.15) is 0 Å². The van der Waals surface area contributed by atoms with Gasteiger partial charge in [0.25, 0.3) is 0 Å². The van der Waals surface area contributed by atoms with E-state index in [1.165, 1.54) is 51.4 Å². The molecule has 0 spiro atoms. The summed E-state index contributed by atoms with van der Waals surface area (Å²) < 4.78 is 0. The highest BCUT2D eigenvalue weighted by atomic mass is 31.1. The first-order chi connectivity index (χ1) is 15.3. The highest BCUT2D eigenvalue weighted by Gasteiger charge is 2.39. The van der Waals surface area contributed by atoms with Crippen LogP contribution in [0.25, 0.3) is 0 Å². The van der Waals surface area contributed by atoms with Crippen LogP contribution >= 0.6 is 7.92 Å². The number of rotatable bonds is 9. The zero-order chi connectivity index (χ0) is 21.5. The van der Waals surface area contributed by atoms with E-state index in [9.17, 15) is 0 Å². The van der Waals surface area contributed by atoms with E-state index >= 15 is 0 Å². The lowest BCUT2D eigenvalue weighted by atomic mass is 10.0. The molecule has 0 bridgehead atoms. The SMILES string of the molecule is CCCCc1ccc(P2C(c3ccccc3)CCC2c2ccccc2)c(CCCC)c1. The minimum absolute atomic E-state index is 0.282. The van der Waals surface area contributed by atoms with Crippen molar-refractivity contribution in [2.24, 2.45) is 0 Å².